The Hall–Kier alpha value is -2.06. The topological polar surface area (TPSA) is 86.1 Å². The van der Waals surface area contributed by atoms with E-state index in [0.29, 0.717) is 54.1 Å². The summed E-state index contributed by atoms with van der Waals surface area (Å²) in [5.41, 5.74) is 1.85. The van der Waals surface area contributed by atoms with Crippen molar-refractivity contribution >= 4 is 29.1 Å². The number of nitrogens with one attached hydrogen (secondary N) is 2. The van der Waals surface area contributed by atoms with Gasteiger partial charge in [-0.05, 0) is 39.0 Å². The summed E-state index contributed by atoms with van der Waals surface area (Å²) in [6.07, 6.45) is 7.46. The first-order chi connectivity index (χ1) is 13.2. The monoisotopic (exact) mass is 390 g/mol. The zero-order valence-corrected chi connectivity index (χ0v) is 16.0. The van der Waals surface area contributed by atoms with Crippen molar-refractivity contribution in [3.05, 3.63) is 16.9 Å². The second-order valence-electron chi connectivity index (χ2n) is 7.44. The molecule has 2 aromatic heterocycles. The molecule has 5 rings (SSSR count). The highest BCUT2D eigenvalue weighted by Gasteiger charge is 2.37. The molecule has 0 spiro atoms. The summed E-state index contributed by atoms with van der Waals surface area (Å²) in [6.45, 7) is 3.35. The van der Waals surface area contributed by atoms with Crippen molar-refractivity contribution < 1.29 is 9.47 Å². The Labute approximate surface area is 162 Å². The zero-order chi connectivity index (χ0) is 18.4. The molecule has 0 radical (unpaired) electrons. The third-order valence-electron chi connectivity index (χ3n) is 5.56. The van der Waals surface area contributed by atoms with E-state index >= 15 is 0 Å². The van der Waals surface area contributed by atoms with Crippen LogP contribution in [0.15, 0.2) is 6.20 Å². The maximum absolute atomic E-state index is 6.19. The smallest absolute Gasteiger partial charge is 0.257 e. The standard InChI is InChI=1S/C18H23ClN6O2/c1-10-15-17(24-25(10)11-7-12-3-4-13(8-11)27-12)26-6-2-5-20-16-14(19)9-21-18(22-15)23-16/h9,11-13H,2-8H2,1H3,(H2,20,21,22,23). The van der Waals surface area contributed by atoms with Gasteiger partial charge in [-0.1, -0.05) is 11.6 Å². The number of rotatable bonds is 1. The molecular formula is C18H23ClN6O2. The van der Waals surface area contributed by atoms with Gasteiger partial charge in [0.2, 0.25) is 5.95 Å². The van der Waals surface area contributed by atoms with Crippen LogP contribution in [0.4, 0.5) is 17.5 Å². The van der Waals surface area contributed by atoms with Crippen molar-refractivity contribution in [3.8, 4) is 5.88 Å². The normalized spacial score (nSPS) is 27.0. The van der Waals surface area contributed by atoms with Crippen LogP contribution in [-0.4, -0.2) is 45.1 Å². The minimum Gasteiger partial charge on any atom is -0.475 e. The van der Waals surface area contributed by atoms with Crippen molar-refractivity contribution in [2.24, 2.45) is 0 Å². The molecule has 2 N–H and O–H groups in total. The van der Waals surface area contributed by atoms with Crippen LogP contribution in [0, 0.1) is 6.92 Å². The molecule has 8 nitrogen and oxygen atoms in total. The van der Waals surface area contributed by atoms with Gasteiger partial charge in [-0.15, -0.1) is 5.10 Å². The predicted octanol–water partition coefficient (Wildman–Crippen LogP) is 3.46. The Balaban J connectivity index is 1.50. The zero-order valence-electron chi connectivity index (χ0n) is 15.2. The van der Waals surface area contributed by atoms with Gasteiger partial charge < -0.3 is 20.1 Å². The summed E-state index contributed by atoms with van der Waals surface area (Å²) in [5, 5.41) is 11.8. The lowest BCUT2D eigenvalue weighted by Crippen LogP contribution is -2.28. The number of fused-ring (bicyclic) bond motifs is 5. The molecule has 9 heteroatoms. The van der Waals surface area contributed by atoms with Gasteiger partial charge in [0.1, 0.15) is 10.7 Å². The number of ether oxygens (including phenoxy) is 2. The molecule has 4 bridgehead atoms. The number of anilines is 3. The second kappa shape index (κ2) is 6.83. The van der Waals surface area contributed by atoms with Crippen LogP contribution in [0.3, 0.4) is 0 Å². The summed E-state index contributed by atoms with van der Waals surface area (Å²) in [5.74, 6) is 1.71. The van der Waals surface area contributed by atoms with E-state index in [4.69, 9.17) is 26.2 Å². The first kappa shape index (κ1) is 17.1. The summed E-state index contributed by atoms with van der Waals surface area (Å²) in [6, 6.07) is 0.338. The van der Waals surface area contributed by atoms with Gasteiger partial charge >= 0.3 is 0 Å². The van der Waals surface area contributed by atoms with E-state index in [9.17, 15) is 0 Å². The third kappa shape index (κ3) is 3.21. The first-order valence-electron chi connectivity index (χ1n) is 9.58. The molecule has 144 valence electrons. The molecule has 2 fully saturated rings. The quantitative estimate of drug-likeness (QED) is 0.771. The lowest BCUT2D eigenvalue weighted by molar-refractivity contribution is -0.0186. The Morgan fingerprint density at radius 3 is 2.89 bits per heavy atom. The fourth-order valence-corrected chi connectivity index (χ4v) is 4.39. The molecule has 2 atom stereocenters. The molecule has 2 unspecified atom stereocenters. The summed E-state index contributed by atoms with van der Waals surface area (Å²) < 4.78 is 14.1. The number of nitrogens with zero attached hydrogens (tertiary/aromatic N) is 4. The van der Waals surface area contributed by atoms with Gasteiger partial charge in [-0.25, -0.2) is 4.98 Å². The van der Waals surface area contributed by atoms with Crippen LogP contribution >= 0.6 is 11.6 Å². The Morgan fingerprint density at radius 2 is 2.07 bits per heavy atom. The van der Waals surface area contributed by atoms with Crippen LogP contribution in [0.5, 0.6) is 5.88 Å². The highest BCUT2D eigenvalue weighted by molar-refractivity contribution is 6.32. The van der Waals surface area contributed by atoms with E-state index in [1.807, 2.05) is 0 Å². The van der Waals surface area contributed by atoms with E-state index in [-0.39, 0.29) is 0 Å². The largest absolute Gasteiger partial charge is 0.475 e. The fraction of sp³-hybridized carbons (Fsp3) is 0.611. The molecule has 5 heterocycles. The molecule has 0 amide bonds. The van der Waals surface area contributed by atoms with Crippen LogP contribution < -0.4 is 15.4 Å². The van der Waals surface area contributed by atoms with E-state index in [0.717, 1.165) is 43.5 Å². The van der Waals surface area contributed by atoms with E-state index in [1.165, 1.54) is 0 Å². The number of hydrogen-bond acceptors (Lipinski definition) is 7. The molecule has 0 aliphatic carbocycles. The summed E-state index contributed by atoms with van der Waals surface area (Å²) >= 11 is 6.19. The van der Waals surface area contributed by atoms with E-state index < -0.39 is 0 Å². The van der Waals surface area contributed by atoms with Crippen molar-refractivity contribution in [3.63, 3.8) is 0 Å². The molecule has 0 saturated carbocycles. The molecule has 2 saturated heterocycles. The van der Waals surface area contributed by atoms with Crippen LogP contribution in [-0.2, 0) is 4.74 Å². The summed E-state index contributed by atoms with van der Waals surface area (Å²) in [7, 11) is 0. The SMILES string of the molecule is Cc1c2c(nn1C1CC3CCC(C1)O3)OCCCNc1nc(ncc1Cl)N2. The van der Waals surface area contributed by atoms with Crippen LogP contribution in [0.2, 0.25) is 5.02 Å². The van der Waals surface area contributed by atoms with Crippen molar-refractivity contribution in [1.29, 1.82) is 0 Å². The Bertz CT molecular complexity index is 845. The predicted molar refractivity (Wildman–Crippen MR) is 102 cm³/mol. The average Bonchev–Trinajstić information content (AvgIpc) is 3.15. The van der Waals surface area contributed by atoms with Gasteiger partial charge in [0, 0.05) is 6.54 Å². The first-order valence-corrected chi connectivity index (χ1v) is 9.96. The second-order valence-corrected chi connectivity index (χ2v) is 7.84. The molecule has 27 heavy (non-hydrogen) atoms. The highest BCUT2D eigenvalue weighted by Crippen LogP contribution is 2.41. The van der Waals surface area contributed by atoms with Gasteiger partial charge in [0.05, 0.1) is 36.7 Å². The third-order valence-corrected chi connectivity index (χ3v) is 5.84. The van der Waals surface area contributed by atoms with Crippen LogP contribution in [0.25, 0.3) is 0 Å². The highest BCUT2D eigenvalue weighted by atomic mass is 35.5. The van der Waals surface area contributed by atoms with Gasteiger partial charge in [-0.2, -0.15) is 4.98 Å². The average molecular weight is 391 g/mol. The minimum atomic E-state index is 0.338. The Kier molecular flexibility index (Phi) is 4.32. The summed E-state index contributed by atoms with van der Waals surface area (Å²) in [4.78, 5) is 8.80. The van der Waals surface area contributed by atoms with Crippen molar-refractivity contribution in [2.75, 3.05) is 23.8 Å². The maximum Gasteiger partial charge on any atom is 0.257 e. The molecular weight excluding hydrogens is 368 g/mol. The lowest BCUT2D eigenvalue weighted by atomic mass is 10.0. The number of halogens is 1. The van der Waals surface area contributed by atoms with Crippen molar-refractivity contribution in [2.45, 2.75) is 57.3 Å². The molecule has 3 aliphatic rings. The van der Waals surface area contributed by atoms with Gasteiger partial charge in [0.15, 0.2) is 5.82 Å². The van der Waals surface area contributed by atoms with Gasteiger partial charge in [0.25, 0.3) is 5.88 Å². The lowest BCUT2D eigenvalue weighted by Gasteiger charge is -2.29. The number of aromatic nitrogens is 4. The Morgan fingerprint density at radius 1 is 1.26 bits per heavy atom. The van der Waals surface area contributed by atoms with E-state index in [2.05, 4.69) is 32.2 Å². The molecule has 2 aromatic rings. The van der Waals surface area contributed by atoms with E-state index in [1.54, 1.807) is 6.20 Å². The minimum absolute atomic E-state index is 0.338. The van der Waals surface area contributed by atoms with Crippen LogP contribution in [0.1, 0.15) is 43.8 Å². The molecule has 0 aromatic carbocycles. The number of hydrogen-bond donors (Lipinski definition) is 2. The fourth-order valence-electron chi connectivity index (χ4n) is 4.23. The van der Waals surface area contributed by atoms with Crippen molar-refractivity contribution in [1.82, 2.24) is 19.7 Å². The van der Waals surface area contributed by atoms with Gasteiger partial charge in [-0.3, -0.25) is 4.68 Å². The maximum atomic E-state index is 6.19. The molecule has 3 aliphatic heterocycles.